The van der Waals surface area contributed by atoms with E-state index >= 15 is 0 Å². The summed E-state index contributed by atoms with van der Waals surface area (Å²) in [7, 11) is 0. The Balaban J connectivity index is 2.38. The number of thiocarbonyl (C=S) groups is 1. The molecule has 0 radical (unpaired) electrons. The van der Waals surface area contributed by atoms with Gasteiger partial charge in [0, 0.05) is 10.0 Å². The highest BCUT2D eigenvalue weighted by Gasteiger charge is 2.15. The minimum Gasteiger partial charge on any atom is -0.389 e. The average Bonchev–Trinajstić information content (AvgIpc) is 2.41. The Bertz CT molecular complexity index is 737. The summed E-state index contributed by atoms with van der Waals surface area (Å²) in [6.07, 6.45) is 0. The highest BCUT2D eigenvalue weighted by atomic mass is 79.9. The lowest BCUT2D eigenvalue weighted by molar-refractivity contribution is 0.102. The summed E-state index contributed by atoms with van der Waals surface area (Å²) < 4.78 is 27.4. The highest BCUT2D eigenvalue weighted by Crippen LogP contribution is 2.22. The molecule has 0 saturated carbocycles. The lowest BCUT2D eigenvalue weighted by Gasteiger charge is -2.11. The Kier molecular flexibility index (Phi) is 4.64. The standard InChI is InChI=1S/C14H9BrF2N2OS/c15-7-1-3-9(13(18)21)12(5-7)19-14(20)10-6-8(16)2-4-11(10)17/h1-6H,(H2,18,21)(H,19,20). The van der Waals surface area contributed by atoms with Gasteiger partial charge in [0.1, 0.15) is 16.6 Å². The molecule has 21 heavy (non-hydrogen) atoms. The number of hydrogen-bond acceptors (Lipinski definition) is 2. The summed E-state index contributed by atoms with van der Waals surface area (Å²) in [5, 5.41) is 2.47. The summed E-state index contributed by atoms with van der Waals surface area (Å²) >= 11 is 8.13. The number of anilines is 1. The fourth-order valence-corrected chi connectivity index (χ4v) is 2.23. The summed E-state index contributed by atoms with van der Waals surface area (Å²) in [4.78, 5) is 12.1. The second-order valence-electron chi connectivity index (χ2n) is 4.13. The van der Waals surface area contributed by atoms with Gasteiger partial charge in [-0.25, -0.2) is 8.78 Å². The number of benzene rings is 2. The van der Waals surface area contributed by atoms with Crippen molar-refractivity contribution in [3.8, 4) is 0 Å². The molecule has 0 heterocycles. The molecule has 2 aromatic rings. The largest absolute Gasteiger partial charge is 0.389 e. The number of carbonyl (C=O) groups is 1. The first-order chi connectivity index (χ1) is 9.88. The lowest BCUT2D eigenvalue weighted by atomic mass is 10.1. The van der Waals surface area contributed by atoms with Crippen LogP contribution in [0.3, 0.4) is 0 Å². The summed E-state index contributed by atoms with van der Waals surface area (Å²) in [5.74, 6) is -2.31. The first-order valence-electron chi connectivity index (χ1n) is 5.74. The number of nitrogens with one attached hydrogen (secondary N) is 1. The van der Waals surface area contributed by atoms with E-state index in [1.165, 1.54) is 0 Å². The van der Waals surface area contributed by atoms with Crippen molar-refractivity contribution >= 4 is 44.7 Å². The van der Waals surface area contributed by atoms with Crippen molar-refractivity contribution < 1.29 is 13.6 Å². The first kappa shape index (κ1) is 15.5. The zero-order valence-corrected chi connectivity index (χ0v) is 12.9. The van der Waals surface area contributed by atoms with E-state index in [-0.39, 0.29) is 4.99 Å². The van der Waals surface area contributed by atoms with Gasteiger partial charge in [0.15, 0.2) is 0 Å². The van der Waals surface area contributed by atoms with Crippen LogP contribution in [-0.2, 0) is 0 Å². The molecule has 0 fully saturated rings. The minimum atomic E-state index is -0.819. The lowest BCUT2D eigenvalue weighted by Crippen LogP contribution is -2.18. The third-order valence-corrected chi connectivity index (χ3v) is 3.38. The molecular weight excluding hydrogens is 362 g/mol. The Morgan fingerprint density at radius 3 is 2.52 bits per heavy atom. The number of rotatable bonds is 3. The average molecular weight is 371 g/mol. The molecule has 7 heteroatoms. The predicted octanol–water partition coefficient (Wildman–Crippen LogP) is 3.61. The number of nitrogens with two attached hydrogens (primary N) is 1. The van der Waals surface area contributed by atoms with E-state index in [2.05, 4.69) is 21.2 Å². The van der Waals surface area contributed by atoms with Gasteiger partial charge in [0.2, 0.25) is 0 Å². The second-order valence-corrected chi connectivity index (χ2v) is 5.49. The fourth-order valence-electron chi connectivity index (χ4n) is 1.70. The van der Waals surface area contributed by atoms with Crippen LogP contribution in [0.4, 0.5) is 14.5 Å². The van der Waals surface area contributed by atoms with Gasteiger partial charge < -0.3 is 11.1 Å². The molecule has 0 bridgehead atoms. The molecule has 2 aromatic carbocycles. The van der Waals surface area contributed by atoms with Gasteiger partial charge in [0.25, 0.3) is 5.91 Å². The summed E-state index contributed by atoms with van der Waals surface area (Å²) in [6.45, 7) is 0. The van der Waals surface area contributed by atoms with E-state index in [4.69, 9.17) is 18.0 Å². The maximum absolute atomic E-state index is 13.6. The fraction of sp³-hybridized carbons (Fsp3) is 0. The Hall–Kier alpha value is -1.86. The second kappa shape index (κ2) is 6.28. The molecule has 2 rings (SSSR count). The quantitative estimate of drug-likeness (QED) is 0.811. The third kappa shape index (κ3) is 3.62. The van der Waals surface area contributed by atoms with Crippen molar-refractivity contribution in [2.45, 2.75) is 0 Å². The zero-order chi connectivity index (χ0) is 15.6. The molecule has 3 nitrogen and oxygen atoms in total. The van der Waals surface area contributed by atoms with Crippen LogP contribution in [0.5, 0.6) is 0 Å². The van der Waals surface area contributed by atoms with Crippen molar-refractivity contribution in [3.63, 3.8) is 0 Å². The van der Waals surface area contributed by atoms with Gasteiger partial charge in [-0.05, 0) is 36.4 Å². The van der Waals surface area contributed by atoms with Crippen molar-refractivity contribution in [1.82, 2.24) is 0 Å². The minimum absolute atomic E-state index is 0.0810. The topological polar surface area (TPSA) is 55.1 Å². The van der Waals surface area contributed by atoms with Crippen LogP contribution in [0.15, 0.2) is 40.9 Å². The van der Waals surface area contributed by atoms with E-state index in [9.17, 15) is 13.6 Å². The van der Waals surface area contributed by atoms with Gasteiger partial charge >= 0.3 is 0 Å². The molecule has 3 N–H and O–H groups in total. The maximum Gasteiger partial charge on any atom is 0.258 e. The van der Waals surface area contributed by atoms with Crippen LogP contribution >= 0.6 is 28.1 Å². The van der Waals surface area contributed by atoms with E-state index in [0.717, 1.165) is 18.2 Å². The van der Waals surface area contributed by atoms with Gasteiger partial charge in [-0.2, -0.15) is 0 Å². The van der Waals surface area contributed by atoms with Crippen LogP contribution in [0.2, 0.25) is 0 Å². The zero-order valence-electron chi connectivity index (χ0n) is 10.5. The number of carbonyl (C=O) groups excluding carboxylic acids is 1. The Morgan fingerprint density at radius 2 is 1.86 bits per heavy atom. The first-order valence-corrected chi connectivity index (χ1v) is 6.94. The molecule has 0 unspecified atom stereocenters. The monoisotopic (exact) mass is 370 g/mol. The van der Waals surface area contributed by atoms with E-state index in [1.54, 1.807) is 18.2 Å². The molecule has 0 aliphatic rings. The van der Waals surface area contributed by atoms with Crippen LogP contribution in [-0.4, -0.2) is 10.9 Å². The molecule has 0 saturated heterocycles. The normalized spacial score (nSPS) is 10.2. The summed E-state index contributed by atoms with van der Waals surface area (Å²) in [6, 6.07) is 7.54. The smallest absolute Gasteiger partial charge is 0.258 e. The molecule has 0 spiro atoms. The predicted molar refractivity (Wildman–Crippen MR) is 84.3 cm³/mol. The van der Waals surface area contributed by atoms with Crippen molar-refractivity contribution in [2.75, 3.05) is 5.32 Å². The molecule has 0 aromatic heterocycles. The van der Waals surface area contributed by atoms with Crippen molar-refractivity contribution in [2.24, 2.45) is 5.73 Å². The van der Waals surface area contributed by atoms with Crippen LogP contribution in [0.25, 0.3) is 0 Å². The summed E-state index contributed by atoms with van der Waals surface area (Å²) in [5.41, 5.74) is 5.90. The van der Waals surface area contributed by atoms with Gasteiger partial charge in [-0.3, -0.25) is 4.79 Å². The van der Waals surface area contributed by atoms with Crippen molar-refractivity contribution in [3.05, 3.63) is 63.6 Å². The molecule has 108 valence electrons. The number of amides is 1. The molecule has 0 aliphatic heterocycles. The molecule has 0 atom stereocenters. The van der Waals surface area contributed by atoms with Crippen molar-refractivity contribution in [1.29, 1.82) is 0 Å². The molecular formula is C14H9BrF2N2OS. The molecule has 0 aliphatic carbocycles. The number of hydrogen-bond donors (Lipinski definition) is 2. The number of halogens is 3. The highest BCUT2D eigenvalue weighted by molar-refractivity contribution is 9.10. The van der Waals surface area contributed by atoms with Gasteiger partial charge in [-0.15, -0.1) is 0 Å². The van der Waals surface area contributed by atoms with E-state index < -0.39 is 23.1 Å². The van der Waals surface area contributed by atoms with Crippen LogP contribution in [0, 0.1) is 11.6 Å². The van der Waals surface area contributed by atoms with E-state index in [0.29, 0.717) is 15.7 Å². The van der Waals surface area contributed by atoms with Gasteiger partial charge in [-0.1, -0.05) is 28.1 Å². The maximum atomic E-state index is 13.6. The molecule has 1 amide bonds. The van der Waals surface area contributed by atoms with E-state index in [1.807, 2.05) is 0 Å². The SMILES string of the molecule is NC(=S)c1ccc(Br)cc1NC(=O)c1cc(F)ccc1F. The Morgan fingerprint density at radius 1 is 1.14 bits per heavy atom. The third-order valence-electron chi connectivity index (χ3n) is 2.67. The van der Waals surface area contributed by atoms with Crippen LogP contribution < -0.4 is 11.1 Å². The van der Waals surface area contributed by atoms with Gasteiger partial charge in [0.05, 0.1) is 11.3 Å². The van der Waals surface area contributed by atoms with Crippen LogP contribution in [0.1, 0.15) is 15.9 Å². The Labute approximate surface area is 133 Å².